The zero-order valence-corrected chi connectivity index (χ0v) is 11.8. The summed E-state index contributed by atoms with van der Waals surface area (Å²) in [7, 11) is 0. The summed E-state index contributed by atoms with van der Waals surface area (Å²) in [5.74, 6) is 0. The number of rotatable bonds is 5. The summed E-state index contributed by atoms with van der Waals surface area (Å²) < 4.78 is 5.42. The lowest BCUT2D eigenvalue weighted by molar-refractivity contribution is 0.0423. The van der Waals surface area contributed by atoms with Gasteiger partial charge in [0.15, 0.2) is 0 Å². The third kappa shape index (κ3) is 3.68. The van der Waals surface area contributed by atoms with Gasteiger partial charge in [-0.2, -0.15) is 0 Å². The number of carbonyl (C=O) groups excluding carboxylic acids is 1. The molecule has 0 bridgehead atoms. The van der Waals surface area contributed by atoms with Crippen LogP contribution in [0.3, 0.4) is 0 Å². The predicted octanol–water partition coefficient (Wildman–Crippen LogP) is 1.40. The first-order chi connectivity index (χ1) is 9.27. The Kier molecular flexibility index (Phi) is 5.18. The molecule has 1 aliphatic heterocycles. The molecule has 2 rings (SSSR count). The zero-order chi connectivity index (χ0) is 13.6. The van der Waals surface area contributed by atoms with Gasteiger partial charge in [-0.1, -0.05) is 6.07 Å². The second kappa shape index (κ2) is 6.88. The minimum Gasteiger partial charge on any atom is -0.381 e. The maximum absolute atomic E-state index is 12.0. The number of ether oxygens (including phenoxy) is 1. The second-order valence-corrected chi connectivity index (χ2v) is 5.64. The van der Waals surface area contributed by atoms with Crippen LogP contribution < -0.4 is 16.4 Å². The van der Waals surface area contributed by atoms with E-state index in [0.29, 0.717) is 26.3 Å². The fourth-order valence-corrected chi connectivity index (χ4v) is 3.21. The lowest BCUT2D eigenvalue weighted by Crippen LogP contribution is -2.52. The fourth-order valence-electron chi connectivity index (χ4n) is 2.27. The Morgan fingerprint density at radius 3 is 2.89 bits per heavy atom. The zero-order valence-electron chi connectivity index (χ0n) is 11.0. The molecule has 4 N–H and O–H groups in total. The Labute approximate surface area is 117 Å². The van der Waals surface area contributed by atoms with E-state index in [-0.39, 0.29) is 11.6 Å². The minimum absolute atomic E-state index is 0.122. The van der Waals surface area contributed by atoms with Crippen LogP contribution >= 0.6 is 11.3 Å². The van der Waals surface area contributed by atoms with Gasteiger partial charge >= 0.3 is 6.03 Å². The van der Waals surface area contributed by atoms with Gasteiger partial charge in [0.1, 0.15) is 0 Å². The van der Waals surface area contributed by atoms with E-state index in [0.717, 1.165) is 19.3 Å². The molecule has 1 aliphatic rings. The van der Waals surface area contributed by atoms with Gasteiger partial charge in [-0.25, -0.2) is 4.79 Å². The monoisotopic (exact) mass is 283 g/mol. The second-order valence-electron chi connectivity index (χ2n) is 4.69. The van der Waals surface area contributed by atoms with E-state index in [2.05, 4.69) is 16.7 Å². The number of thiophene rings is 1. The number of amides is 2. The molecule has 5 nitrogen and oxygen atoms in total. The van der Waals surface area contributed by atoms with E-state index in [1.165, 1.54) is 4.88 Å². The van der Waals surface area contributed by atoms with Crippen LogP contribution in [0.2, 0.25) is 0 Å². The third-order valence-corrected chi connectivity index (χ3v) is 4.43. The lowest BCUT2D eigenvalue weighted by Gasteiger charge is -2.37. The minimum atomic E-state index is -0.279. The summed E-state index contributed by atoms with van der Waals surface area (Å²) in [6, 6.07) is 3.98. The number of nitrogens with two attached hydrogens (primary N) is 1. The summed E-state index contributed by atoms with van der Waals surface area (Å²) >= 11 is 1.68. The van der Waals surface area contributed by atoms with Crippen molar-refractivity contribution < 1.29 is 9.53 Å². The van der Waals surface area contributed by atoms with Gasteiger partial charge in [0.25, 0.3) is 0 Å². The molecule has 0 atom stereocenters. The Hall–Kier alpha value is -1.11. The van der Waals surface area contributed by atoms with Gasteiger partial charge in [0, 0.05) is 24.6 Å². The van der Waals surface area contributed by atoms with E-state index in [4.69, 9.17) is 10.5 Å². The first kappa shape index (κ1) is 14.3. The molecule has 1 fully saturated rings. The Morgan fingerprint density at radius 1 is 1.47 bits per heavy atom. The molecule has 1 aromatic rings. The van der Waals surface area contributed by atoms with Gasteiger partial charge in [0.2, 0.25) is 0 Å². The largest absolute Gasteiger partial charge is 0.381 e. The molecule has 0 aliphatic carbocycles. The number of hydrogen-bond donors (Lipinski definition) is 3. The number of hydrogen-bond acceptors (Lipinski definition) is 4. The molecule has 0 aromatic carbocycles. The molecule has 1 saturated heterocycles. The van der Waals surface area contributed by atoms with Crippen molar-refractivity contribution in [2.24, 2.45) is 5.73 Å². The van der Waals surface area contributed by atoms with Crippen molar-refractivity contribution in [2.75, 3.05) is 26.3 Å². The van der Waals surface area contributed by atoms with Crippen LogP contribution in [0.4, 0.5) is 4.79 Å². The molecular formula is C13H21N3O2S. The molecule has 0 saturated carbocycles. The van der Waals surface area contributed by atoms with Gasteiger partial charge in [-0.3, -0.25) is 0 Å². The highest BCUT2D eigenvalue weighted by molar-refractivity contribution is 7.10. The van der Waals surface area contributed by atoms with E-state index < -0.39 is 0 Å². The Bertz CT molecular complexity index is 389. The number of carbonyl (C=O) groups is 1. The molecule has 0 spiro atoms. The lowest BCUT2D eigenvalue weighted by atomic mass is 9.88. The highest BCUT2D eigenvalue weighted by Gasteiger charge is 2.36. The van der Waals surface area contributed by atoms with Gasteiger partial charge in [0.05, 0.1) is 5.54 Å². The van der Waals surface area contributed by atoms with Crippen molar-refractivity contribution in [3.63, 3.8) is 0 Å². The maximum atomic E-state index is 12.0. The third-order valence-electron chi connectivity index (χ3n) is 3.36. The molecule has 106 valence electrons. The molecule has 2 heterocycles. The van der Waals surface area contributed by atoms with Crippen molar-refractivity contribution in [2.45, 2.75) is 24.8 Å². The van der Waals surface area contributed by atoms with Crippen LogP contribution in [-0.4, -0.2) is 32.3 Å². The molecular weight excluding hydrogens is 262 g/mol. The van der Waals surface area contributed by atoms with Crippen LogP contribution in [0.1, 0.15) is 24.1 Å². The molecule has 0 radical (unpaired) electrons. The van der Waals surface area contributed by atoms with Crippen LogP contribution in [0, 0.1) is 0 Å². The summed E-state index contributed by atoms with van der Waals surface area (Å²) in [5.41, 5.74) is 5.14. The Morgan fingerprint density at radius 2 is 2.26 bits per heavy atom. The molecule has 1 aromatic heterocycles. The molecule has 6 heteroatoms. The average molecular weight is 283 g/mol. The maximum Gasteiger partial charge on any atom is 0.315 e. The summed E-state index contributed by atoms with van der Waals surface area (Å²) in [6.45, 7) is 2.56. The van der Waals surface area contributed by atoms with Crippen LogP contribution in [0.25, 0.3) is 0 Å². The normalized spacial score (nSPS) is 17.9. The number of urea groups is 1. The van der Waals surface area contributed by atoms with Crippen LogP contribution in [0.15, 0.2) is 17.5 Å². The molecule has 19 heavy (non-hydrogen) atoms. The van der Waals surface area contributed by atoms with Crippen molar-refractivity contribution >= 4 is 17.4 Å². The van der Waals surface area contributed by atoms with Gasteiger partial charge < -0.3 is 21.1 Å². The van der Waals surface area contributed by atoms with Crippen molar-refractivity contribution in [3.8, 4) is 0 Å². The van der Waals surface area contributed by atoms with Gasteiger partial charge in [-0.15, -0.1) is 11.3 Å². The first-order valence-corrected chi connectivity index (χ1v) is 7.53. The predicted molar refractivity (Wildman–Crippen MR) is 76.3 cm³/mol. The Balaban J connectivity index is 2.00. The topological polar surface area (TPSA) is 76.4 Å². The standard InChI is InChI=1S/C13H21N3O2S/c14-6-2-7-15-12(17)16-13(4-8-18-9-5-13)11-3-1-10-19-11/h1,3,10H,2,4-9,14H2,(H2,15,16,17). The van der Waals surface area contributed by atoms with Crippen LogP contribution in [0.5, 0.6) is 0 Å². The van der Waals surface area contributed by atoms with Crippen molar-refractivity contribution in [1.82, 2.24) is 10.6 Å². The SMILES string of the molecule is NCCCNC(=O)NC1(c2cccs2)CCOCC1. The molecule has 2 amide bonds. The average Bonchev–Trinajstić information content (AvgIpc) is 2.94. The van der Waals surface area contributed by atoms with Crippen molar-refractivity contribution in [3.05, 3.63) is 22.4 Å². The highest BCUT2D eigenvalue weighted by atomic mass is 32.1. The first-order valence-electron chi connectivity index (χ1n) is 6.65. The van der Waals surface area contributed by atoms with E-state index >= 15 is 0 Å². The smallest absolute Gasteiger partial charge is 0.315 e. The number of nitrogens with one attached hydrogen (secondary N) is 2. The van der Waals surface area contributed by atoms with Crippen LogP contribution in [-0.2, 0) is 10.3 Å². The summed E-state index contributed by atoms with van der Waals surface area (Å²) in [4.78, 5) is 13.2. The van der Waals surface area contributed by atoms with E-state index in [1.54, 1.807) is 11.3 Å². The fraction of sp³-hybridized carbons (Fsp3) is 0.615. The highest BCUT2D eigenvalue weighted by Crippen LogP contribution is 2.34. The van der Waals surface area contributed by atoms with Gasteiger partial charge in [-0.05, 0) is 37.3 Å². The van der Waals surface area contributed by atoms with Crippen molar-refractivity contribution in [1.29, 1.82) is 0 Å². The van der Waals surface area contributed by atoms with E-state index in [1.807, 2.05) is 11.4 Å². The van der Waals surface area contributed by atoms with E-state index in [9.17, 15) is 4.79 Å². The molecule has 0 unspecified atom stereocenters. The summed E-state index contributed by atoms with van der Waals surface area (Å²) in [6.07, 6.45) is 2.43. The summed E-state index contributed by atoms with van der Waals surface area (Å²) in [5, 5.41) is 8.03. The quantitative estimate of drug-likeness (QED) is 0.715.